The minimum absolute atomic E-state index is 0.0876. The molecule has 0 atom stereocenters. The lowest BCUT2D eigenvalue weighted by Crippen LogP contribution is -2.44. The van der Waals surface area contributed by atoms with Crippen molar-refractivity contribution in [2.75, 3.05) is 11.9 Å². The number of aromatic nitrogens is 4. The van der Waals surface area contributed by atoms with E-state index in [2.05, 4.69) is 25.3 Å². The molecule has 0 unspecified atom stereocenters. The quantitative estimate of drug-likeness (QED) is 0.750. The highest BCUT2D eigenvalue weighted by molar-refractivity contribution is 6.28. The number of aliphatic hydroxyl groups is 1. The summed E-state index contributed by atoms with van der Waals surface area (Å²) in [7, 11) is 0. The zero-order valence-corrected chi connectivity index (χ0v) is 11.2. The molecule has 2 heterocycles. The van der Waals surface area contributed by atoms with Gasteiger partial charge in [0, 0.05) is 0 Å². The van der Waals surface area contributed by atoms with Crippen molar-refractivity contribution in [1.82, 2.24) is 19.9 Å². The molecule has 0 amide bonds. The van der Waals surface area contributed by atoms with Crippen LogP contribution in [0.4, 0.5) is 5.82 Å². The van der Waals surface area contributed by atoms with Crippen molar-refractivity contribution in [3.05, 3.63) is 11.6 Å². The van der Waals surface area contributed by atoms with E-state index in [9.17, 15) is 5.11 Å². The number of imidazole rings is 1. The van der Waals surface area contributed by atoms with Crippen LogP contribution in [0.25, 0.3) is 11.2 Å². The fourth-order valence-corrected chi connectivity index (χ4v) is 2.86. The third kappa shape index (κ3) is 2.37. The van der Waals surface area contributed by atoms with Gasteiger partial charge in [0.2, 0.25) is 5.28 Å². The molecule has 0 aliphatic heterocycles. The molecular formula is C12H16ClN5O. The summed E-state index contributed by atoms with van der Waals surface area (Å²) in [6.07, 6.45) is 6.86. The molecule has 7 heteroatoms. The molecule has 0 aromatic carbocycles. The van der Waals surface area contributed by atoms with Crippen molar-refractivity contribution in [1.29, 1.82) is 0 Å². The largest absolute Gasteiger partial charge is 0.394 e. The zero-order chi connectivity index (χ0) is 13.3. The number of hydrogen-bond acceptors (Lipinski definition) is 5. The highest BCUT2D eigenvalue weighted by atomic mass is 35.5. The number of aromatic amines is 1. The topological polar surface area (TPSA) is 86.7 Å². The number of hydrogen-bond donors (Lipinski definition) is 3. The van der Waals surface area contributed by atoms with Gasteiger partial charge in [0.05, 0.1) is 18.5 Å². The van der Waals surface area contributed by atoms with Gasteiger partial charge in [0.15, 0.2) is 11.5 Å². The number of rotatable bonds is 3. The standard InChI is InChI=1S/C12H16ClN5O/c13-11-16-9-8(14-7-15-9)10(17-11)18-12(6-19)4-2-1-3-5-12/h7,19H,1-6H2,(H2,14,15,16,17,18). The van der Waals surface area contributed by atoms with Gasteiger partial charge in [-0.05, 0) is 24.4 Å². The second kappa shape index (κ2) is 4.94. The fourth-order valence-electron chi connectivity index (χ4n) is 2.70. The molecule has 19 heavy (non-hydrogen) atoms. The van der Waals surface area contributed by atoms with Crippen molar-refractivity contribution in [2.45, 2.75) is 37.6 Å². The van der Waals surface area contributed by atoms with Gasteiger partial charge in [-0.3, -0.25) is 0 Å². The summed E-state index contributed by atoms with van der Waals surface area (Å²) < 4.78 is 0. The van der Waals surface area contributed by atoms with E-state index in [-0.39, 0.29) is 17.4 Å². The molecule has 0 saturated heterocycles. The third-order valence-corrected chi connectivity index (χ3v) is 3.92. The maximum Gasteiger partial charge on any atom is 0.226 e. The molecule has 1 saturated carbocycles. The van der Waals surface area contributed by atoms with Gasteiger partial charge in [-0.2, -0.15) is 9.97 Å². The number of nitrogens with one attached hydrogen (secondary N) is 2. The molecule has 0 spiro atoms. The van der Waals surface area contributed by atoms with Crippen molar-refractivity contribution in [3.8, 4) is 0 Å². The minimum Gasteiger partial charge on any atom is -0.394 e. The average Bonchev–Trinajstić information content (AvgIpc) is 2.88. The number of fused-ring (bicyclic) bond motifs is 1. The molecule has 6 nitrogen and oxygen atoms in total. The van der Waals surface area contributed by atoms with Crippen LogP contribution in [-0.2, 0) is 0 Å². The van der Waals surface area contributed by atoms with Gasteiger partial charge in [-0.25, -0.2) is 4.98 Å². The monoisotopic (exact) mass is 281 g/mol. The van der Waals surface area contributed by atoms with Crippen LogP contribution in [-0.4, -0.2) is 37.2 Å². The van der Waals surface area contributed by atoms with Gasteiger partial charge in [0.1, 0.15) is 5.52 Å². The summed E-state index contributed by atoms with van der Waals surface area (Å²) >= 11 is 5.91. The van der Waals surface area contributed by atoms with E-state index in [4.69, 9.17) is 11.6 Å². The fraction of sp³-hybridized carbons (Fsp3) is 0.583. The van der Waals surface area contributed by atoms with E-state index < -0.39 is 0 Å². The maximum atomic E-state index is 9.73. The summed E-state index contributed by atoms with van der Waals surface area (Å²) in [4.78, 5) is 15.4. The second-order valence-electron chi connectivity index (χ2n) is 5.07. The Labute approximate surface area is 115 Å². The number of halogens is 1. The predicted molar refractivity (Wildman–Crippen MR) is 73.2 cm³/mol. The smallest absolute Gasteiger partial charge is 0.226 e. The number of H-pyrrole nitrogens is 1. The molecule has 1 aliphatic carbocycles. The van der Waals surface area contributed by atoms with Crippen LogP contribution in [0.1, 0.15) is 32.1 Å². The summed E-state index contributed by atoms with van der Waals surface area (Å²) in [5, 5.41) is 13.2. The average molecular weight is 282 g/mol. The van der Waals surface area contributed by atoms with Crippen LogP contribution in [0, 0.1) is 0 Å². The number of anilines is 1. The van der Waals surface area contributed by atoms with Gasteiger partial charge >= 0.3 is 0 Å². The lowest BCUT2D eigenvalue weighted by Gasteiger charge is -2.36. The Kier molecular flexibility index (Phi) is 3.28. The highest BCUT2D eigenvalue weighted by Gasteiger charge is 2.32. The lowest BCUT2D eigenvalue weighted by molar-refractivity contribution is 0.172. The first kappa shape index (κ1) is 12.6. The first-order valence-electron chi connectivity index (χ1n) is 6.48. The zero-order valence-electron chi connectivity index (χ0n) is 10.5. The summed E-state index contributed by atoms with van der Waals surface area (Å²) in [5.74, 6) is 0.614. The van der Waals surface area contributed by atoms with E-state index in [0.717, 1.165) is 31.2 Å². The summed E-state index contributed by atoms with van der Waals surface area (Å²) in [6.45, 7) is 0.0876. The van der Waals surface area contributed by atoms with E-state index in [1.54, 1.807) is 6.33 Å². The second-order valence-corrected chi connectivity index (χ2v) is 5.40. The van der Waals surface area contributed by atoms with Gasteiger partial charge < -0.3 is 15.4 Å². The first-order chi connectivity index (χ1) is 9.22. The van der Waals surface area contributed by atoms with Crippen molar-refractivity contribution in [3.63, 3.8) is 0 Å². The van der Waals surface area contributed by atoms with Crippen molar-refractivity contribution in [2.24, 2.45) is 0 Å². The van der Waals surface area contributed by atoms with Crippen LogP contribution in [0.15, 0.2) is 6.33 Å². The van der Waals surface area contributed by atoms with E-state index in [0.29, 0.717) is 11.5 Å². The molecule has 2 aromatic heterocycles. The Morgan fingerprint density at radius 1 is 1.32 bits per heavy atom. The molecule has 2 aromatic rings. The van der Waals surface area contributed by atoms with Crippen LogP contribution in [0.5, 0.6) is 0 Å². The van der Waals surface area contributed by atoms with E-state index in [1.165, 1.54) is 6.42 Å². The van der Waals surface area contributed by atoms with Gasteiger partial charge in [-0.1, -0.05) is 19.3 Å². The molecule has 0 radical (unpaired) electrons. The number of aliphatic hydroxyl groups excluding tert-OH is 1. The SMILES string of the molecule is OCC1(Nc2nc(Cl)nc3nc[nH]c23)CCCCC1. The molecule has 102 valence electrons. The number of nitrogens with zero attached hydrogens (tertiary/aromatic N) is 3. The Morgan fingerprint density at radius 2 is 2.11 bits per heavy atom. The highest BCUT2D eigenvalue weighted by Crippen LogP contribution is 2.32. The van der Waals surface area contributed by atoms with Crippen molar-refractivity contribution >= 4 is 28.6 Å². The van der Waals surface area contributed by atoms with Gasteiger partial charge in [0.25, 0.3) is 0 Å². The minimum atomic E-state index is -0.312. The molecular weight excluding hydrogens is 266 g/mol. The van der Waals surface area contributed by atoms with E-state index in [1.807, 2.05) is 0 Å². The maximum absolute atomic E-state index is 9.73. The Morgan fingerprint density at radius 3 is 2.84 bits per heavy atom. The summed E-state index contributed by atoms with van der Waals surface area (Å²) in [5.41, 5.74) is 0.947. The Hall–Kier alpha value is -1.40. The molecule has 0 bridgehead atoms. The van der Waals surface area contributed by atoms with E-state index >= 15 is 0 Å². The molecule has 3 N–H and O–H groups in total. The van der Waals surface area contributed by atoms with Crippen LogP contribution in [0.2, 0.25) is 5.28 Å². The summed E-state index contributed by atoms with van der Waals surface area (Å²) in [6, 6.07) is 0. The van der Waals surface area contributed by atoms with Crippen molar-refractivity contribution < 1.29 is 5.11 Å². The Balaban J connectivity index is 1.97. The van der Waals surface area contributed by atoms with Crippen LogP contribution < -0.4 is 5.32 Å². The molecule has 1 aliphatic rings. The normalized spacial score (nSPS) is 18.6. The predicted octanol–water partition coefficient (Wildman–Crippen LogP) is 2.11. The lowest BCUT2D eigenvalue weighted by atomic mass is 9.82. The molecule has 3 rings (SSSR count). The first-order valence-corrected chi connectivity index (χ1v) is 6.86. The van der Waals surface area contributed by atoms with Crippen LogP contribution in [0.3, 0.4) is 0 Å². The van der Waals surface area contributed by atoms with Crippen LogP contribution >= 0.6 is 11.6 Å². The van der Waals surface area contributed by atoms with Gasteiger partial charge in [-0.15, -0.1) is 0 Å². The molecule has 1 fully saturated rings. The third-order valence-electron chi connectivity index (χ3n) is 3.76. The Bertz CT molecular complexity index is 579.